The number of sulfonamides is 1. The maximum atomic E-state index is 12.3. The molecule has 1 aromatic rings. The molecule has 1 fully saturated rings. The predicted octanol–water partition coefficient (Wildman–Crippen LogP) is 0.830. The molecule has 0 spiro atoms. The quantitative estimate of drug-likeness (QED) is 0.606. The van der Waals surface area contributed by atoms with Crippen molar-refractivity contribution >= 4 is 22.0 Å². The van der Waals surface area contributed by atoms with Crippen LogP contribution in [-0.2, 0) is 25.3 Å². The average Bonchev–Trinajstić information content (AvgIpc) is 2.55. The molecule has 8 nitrogen and oxygen atoms in total. The van der Waals surface area contributed by atoms with Gasteiger partial charge in [0.1, 0.15) is 0 Å². The first-order valence-corrected chi connectivity index (χ1v) is 10.0. The van der Waals surface area contributed by atoms with Crippen molar-refractivity contribution in [2.75, 3.05) is 20.2 Å². The number of carboxylic acid groups (broad SMARTS) is 1. The molecule has 0 unspecified atom stereocenters. The minimum Gasteiger partial charge on any atom is -0.480 e. The van der Waals surface area contributed by atoms with Crippen molar-refractivity contribution in [2.24, 2.45) is 0 Å². The molecule has 2 rings (SSSR count). The van der Waals surface area contributed by atoms with Crippen LogP contribution in [0, 0.1) is 0 Å². The van der Waals surface area contributed by atoms with E-state index in [1.807, 2.05) is 11.8 Å². The first-order valence-electron chi connectivity index (χ1n) is 8.37. The van der Waals surface area contributed by atoms with Crippen LogP contribution in [0.5, 0.6) is 0 Å². The normalized spacial score (nSPS) is 19.8. The summed E-state index contributed by atoms with van der Waals surface area (Å²) in [6.07, 6.45) is 1.20. The zero-order chi connectivity index (χ0) is 19.3. The van der Waals surface area contributed by atoms with Gasteiger partial charge in [-0.2, -0.15) is 0 Å². The van der Waals surface area contributed by atoms with E-state index in [2.05, 4.69) is 9.46 Å². The van der Waals surface area contributed by atoms with Gasteiger partial charge in [-0.15, -0.1) is 0 Å². The summed E-state index contributed by atoms with van der Waals surface area (Å²) in [5, 5.41) is 8.89. The van der Waals surface area contributed by atoms with Crippen LogP contribution in [0.25, 0.3) is 0 Å². The highest BCUT2D eigenvalue weighted by atomic mass is 32.2. The molecule has 9 heteroatoms. The Labute approximate surface area is 153 Å². The Kier molecular flexibility index (Phi) is 6.74. The molecule has 1 saturated carbocycles. The van der Waals surface area contributed by atoms with Gasteiger partial charge in [-0.05, 0) is 37.1 Å². The number of aliphatic carboxylic acids is 1. The van der Waals surface area contributed by atoms with E-state index < -0.39 is 22.0 Å². The van der Waals surface area contributed by atoms with Crippen molar-refractivity contribution in [1.82, 2.24) is 9.62 Å². The SMILES string of the molecule is CCN(CC(=O)O)C1CC(NS(=O)(=O)Cc2ccc(C(=O)OC)cc2)C1. The minimum atomic E-state index is -3.51. The number of ether oxygens (including phenoxy) is 1. The number of carbonyl (C=O) groups is 2. The number of esters is 1. The molecule has 144 valence electrons. The molecular formula is C17H24N2O6S. The predicted molar refractivity (Wildman–Crippen MR) is 95.2 cm³/mol. The molecule has 0 radical (unpaired) electrons. The minimum absolute atomic E-state index is 0.0345. The zero-order valence-electron chi connectivity index (χ0n) is 14.8. The van der Waals surface area contributed by atoms with Crippen molar-refractivity contribution in [1.29, 1.82) is 0 Å². The highest BCUT2D eigenvalue weighted by Gasteiger charge is 2.35. The smallest absolute Gasteiger partial charge is 0.337 e. The number of hydrogen-bond acceptors (Lipinski definition) is 6. The van der Waals surface area contributed by atoms with E-state index in [-0.39, 0.29) is 24.4 Å². The number of methoxy groups -OCH3 is 1. The third kappa shape index (κ3) is 5.52. The summed E-state index contributed by atoms with van der Waals surface area (Å²) in [6, 6.07) is 6.13. The highest BCUT2D eigenvalue weighted by molar-refractivity contribution is 7.88. The molecule has 0 aliphatic heterocycles. The van der Waals surface area contributed by atoms with Gasteiger partial charge in [-0.3, -0.25) is 9.69 Å². The number of hydrogen-bond donors (Lipinski definition) is 2. The van der Waals surface area contributed by atoms with Gasteiger partial charge in [0.25, 0.3) is 0 Å². The number of carbonyl (C=O) groups excluding carboxylic acids is 1. The van der Waals surface area contributed by atoms with Gasteiger partial charge in [0.2, 0.25) is 10.0 Å². The van der Waals surface area contributed by atoms with E-state index in [1.165, 1.54) is 19.2 Å². The maximum absolute atomic E-state index is 12.3. The Morgan fingerprint density at radius 3 is 2.38 bits per heavy atom. The summed E-state index contributed by atoms with van der Waals surface area (Å²) in [5.41, 5.74) is 0.934. The van der Waals surface area contributed by atoms with E-state index in [0.717, 1.165) is 0 Å². The van der Waals surface area contributed by atoms with E-state index in [4.69, 9.17) is 5.11 Å². The van der Waals surface area contributed by atoms with Gasteiger partial charge in [-0.25, -0.2) is 17.9 Å². The Morgan fingerprint density at radius 1 is 1.27 bits per heavy atom. The molecule has 0 heterocycles. The monoisotopic (exact) mass is 384 g/mol. The van der Waals surface area contributed by atoms with Crippen molar-refractivity contribution in [3.8, 4) is 0 Å². The Morgan fingerprint density at radius 2 is 1.88 bits per heavy atom. The molecule has 0 saturated heterocycles. The molecule has 0 atom stereocenters. The van der Waals surface area contributed by atoms with Gasteiger partial charge in [-0.1, -0.05) is 19.1 Å². The van der Waals surface area contributed by atoms with Crippen molar-refractivity contribution in [2.45, 2.75) is 37.6 Å². The first-order chi connectivity index (χ1) is 12.2. The molecule has 0 bridgehead atoms. The Hall–Kier alpha value is -1.97. The number of rotatable bonds is 9. The van der Waals surface area contributed by atoms with Crippen molar-refractivity contribution in [3.63, 3.8) is 0 Å². The van der Waals surface area contributed by atoms with Crippen LogP contribution < -0.4 is 4.72 Å². The van der Waals surface area contributed by atoms with Crippen molar-refractivity contribution in [3.05, 3.63) is 35.4 Å². The summed E-state index contributed by atoms with van der Waals surface area (Å²) in [4.78, 5) is 24.0. The fraction of sp³-hybridized carbons (Fsp3) is 0.529. The summed E-state index contributed by atoms with van der Waals surface area (Å²) in [7, 11) is -2.23. The van der Waals surface area contributed by atoms with Crippen LogP contribution in [0.2, 0.25) is 0 Å². The van der Waals surface area contributed by atoms with Gasteiger partial charge in [0.15, 0.2) is 0 Å². The summed E-state index contributed by atoms with van der Waals surface area (Å²) >= 11 is 0. The fourth-order valence-corrected chi connectivity index (χ4v) is 4.44. The van der Waals surface area contributed by atoms with Crippen LogP contribution >= 0.6 is 0 Å². The van der Waals surface area contributed by atoms with Crippen LogP contribution in [-0.4, -0.2) is 62.6 Å². The van der Waals surface area contributed by atoms with E-state index in [9.17, 15) is 18.0 Å². The number of likely N-dealkylation sites (N-methyl/N-ethyl adjacent to an activating group) is 1. The molecule has 0 aromatic heterocycles. The summed E-state index contributed by atoms with van der Waals surface area (Å²) in [6.45, 7) is 2.47. The Balaban J connectivity index is 1.86. The Bertz CT molecular complexity index is 741. The molecule has 1 aliphatic carbocycles. The molecule has 26 heavy (non-hydrogen) atoms. The summed E-state index contributed by atoms with van der Waals surface area (Å²) in [5.74, 6) is -1.53. The lowest BCUT2D eigenvalue weighted by molar-refractivity contribution is -0.139. The topological polar surface area (TPSA) is 113 Å². The van der Waals surface area contributed by atoms with Crippen LogP contribution in [0.4, 0.5) is 0 Å². The van der Waals surface area contributed by atoms with Gasteiger partial charge >= 0.3 is 11.9 Å². The third-order valence-corrected chi connectivity index (χ3v) is 5.86. The second-order valence-corrected chi connectivity index (χ2v) is 8.10. The highest BCUT2D eigenvalue weighted by Crippen LogP contribution is 2.26. The molecule has 1 aromatic carbocycles. The number of benzene rings is 1. The lowest BCUT2D eigenvalue weighted by Crippen LogP contribution is -2.54. The first kappa shape index (κ1) is 20.3. The van der Waals surface area contributed by atoms with Crippen LogP contribution in [0.1, 0.15) is 35.7 Å². The van der Waals surface area contributed by atoms with Crippen molar-refractivity contribution < 1.29 is 27.9 Å². The van der Waals surface area contributed by atoms with Gasteiger partial charge in [0, 0.05) is 12.1 Å². The van der Waals surface area contributed by atoms with E-state index in [0.29, 0.717) is 30.5 Å². The van der Waals surface area contributed by atoms with Gasteiger partial charge in [0.05, 0.1) is 25.0 Å². The largest absolute Gasteiger partial charge is 0.480 e. The lowest BCUT2D eigenvalue weighted by Gasteiger charge is -2.42. The van der Waals surface area contributed by atoms with Crippen LogP contribution in [0.15, 0.2) is 24.3 Å². The molecule has 2 N–H and O–H groups in total. The number of nitrogens with zero attached hydrogens (tertiary/aromatic N) is 1. The molecule has 0 amide bonds. The molecular weight excluding hydrogens is 360 g/mol. The maximum Gasteiger partial charge on any atom is 0.337 e. The number of nitrogens with one attached hydrogen (secondary N) is 1. The standard InChI is InChI=1S/C17H24N2O6S/c1-3-19(10-16(20)21)15-8-14(9-15)18-26(23,24)11-12-4-6-13(7-5-12)17(22)25-2/h4-7,14-15,18H,3,8-11H2,1-2H3,(H,20,21). The number of carboxylic acids is 1. The van der Waals surface area contributed by atoms with Gasteiger partial charge < -0.3 is 9.84 Å². The fourth-order valence-electron chi connectivity index (χ4n) is 3.02. The van der Waals surface area contributed by atoms with E-state index >= 15 is 0 Å². The lowest BCUT2D eigenvalue weighted by atomic mass is 9.86. The second kappa shape index (κ2) is 8.61. The summed E-state index contributed by atoms with van der Waals surface area (Å²) < 4.78 is 31.8. The van der Waals surface area contributed by atoms with Crippen LogP contribution in [0.3, 0.4) is 0 Å². The second-order valence-electron chi connectivity index (χ2n) is 6.34. The zero-order valence-corrected chi connectivity index (χ0v) is 15.7. The molecule has 1 aliphatic rings. The average molecular weight is 384 g/mol. The van der Waals surface area contributed by atoms with E-state index in [1.54, 1.807) is 12.1 Å². The third-order valence-electron chi connectivity index (χ3n) is 4.45.